The Labute approximate surface area is 208 Å². The number of allylic oxidation sites excluding steroid dienone is 1. The summed E-state index contributed by atoms with van der Waals surface area (Å²) in [5.74, 6) is -2.50. The maximum Gasteiger partial charge on any atom is 0.352 e. The molecule has 0 saturated carbocycles. The van der Waals surface area contributed by atoms with E-state index in [0.717, 1.165) is 16.2 Å². The van der Waals surface area contributed by atoms with Gasteiger partial charge in [-0.1, -0.05) is 39.9 Å². The Bertz CT molecular complexity index is 1270. The zero-order valence-electron chi connectivity index (χ0n) is 17.1. The molecule has 4 heterocycles. The Balaban J connectivity index is 1.50. The first-order valence-corrected chi connectivity index (χ1v) is 12.4. The number of aryl methyl sites for hydroxylation is 1. The van der Waals surface area contributed by atoms with Crippen LogP contribution >= 0.6 is 46.5 Å². The van der Waals surface area contributed by atoms with Gasteiger partial charge in [0.05, 0.1) is 0 Å². The lowest BCUT2D eigenvalue weighted by Crippen LogP contribution is -2.71. The van der Waals surface area contributed by atoms with E-state index in [1.165, 1.54) is 29.9 Å². The lowest BCUT2D eigenvalue weighted by atomic mass is 10.0. The fraction of sp³-hybridized carbons (Fsp3) is 0.235. The SMILES string of the molecule is Cn1cnnc1SC=CC1=C(C(=O)O)N2C(=O)[C@@H](NC(=O)/C(=N\O)c3nc(N)sc3Cl)[C@H]2SC1. The van der Waals surface area contributed by atoms with Crippen LogP contribution in [0.25, 0.3) is 0 Å². The number of carbonyl (C=O) groups is 3. The highest BCUT2D eigenvalue weighted by atomic mass is 35.5. The van der Waals surface area contributed by atoms with Gasteiger partial charge in [0, 0.05) is 12.8 Å². The van der Waals surface area contributed by atoms with Gasteiger partial charge in [0.25, 0.3) is 11.8 Å². The van der Waals surface area contributed by atoms with Crippen molar-refractivity contribution in [1.29, 1.82) is 0 Å². The van der Waals surface area contributed by atoms with Crippen LogP contribution < -0.4 is 11.1 Å². The lowest BCUT2D eigenvalue weighted by Gasteiger charge is -2.49. The first-order valence-electron chi connectivity index (χ1n) is 9.26. The third-order valence-corrected chi connectivity index (χ3v) is 7.98. The van der Waals surface area contributed by atoms with E-state index in [1.54, 1.807) is 23.1 Å². The minimum absolute atomic E-state index is 0.0424. The number of hydrogen-bond acceptors (Lipinski definition) is 12. The van der Waals surface area contributed by atoms with Crippen molar-refractivity contribution in [1.82, 2.24) is 30.0 Å². The Hall–Kier alpha value is -3.08. The van der Waals surface area contributed by atoms with E-state index in [0.29, 0.717) is 10.7 Å². The molecule has 2 aromatic rings. The topological polar surface area (TPSA) is 189 Å². The molecule has 0 unspecified atom stereocenters. The van der Waals surface area contributed by atoms with Crippen molar-refractivity contribution in [2.45, 2.75) is 16.6 Å². The van der Waals surface area contributed by atoms with Crippen LogP contribution in [0.5, 0.6) is 0 Å². The van der Waals surface area contributed by atoms with E-state index in [1.807, 2.05) is 0 Å². The number of nitrogens with zero attached hydrogens (tertiary/aromatic N) is 6. The maximum absolute atomic E-state index is 12.8. The number of thiazole rings is 1. The normalized spacial score (nSPS) is 20.5. The van der Waals surface area contributed by atoms with Gasteiger partial charge >= 0.3 is 5.97 Å². The predicted molar refractivity (Wildman–Crippen MR) is 126 cm³/mol. The molecule has 2 atom stereocenters. The standard InChI is InChI=1S/C17H15ClN8O5S3/c1-25-5-20-23-17(25)32-3-2-6-4-33-14-9(13(28)26(14)10(6)15(29)30)21-12(27)8(24-31)7-11(18)34-16(19)22-7/h2-3,5,9,14,31H,4H2,1H3,(H2,19,22)(H,21,27)(H,29,30)/b3-2?,24-8-/t9-,14-/m1/s1. The smallest absolute Gasteiger partial charge is 0.352 e. The van der Waals surface area contributed by atoms with Crippen molar-refractivity contribution in [3.8, 4) is 0 Å². The Morgan fingerprint density at radius 2 is 2.24 bits per heavy atom. The Morgan fingerprint density at radius 3 is 2.82 bits per heavy atom. The summed E-state index contributed by atoms with van der Waals surface area (Å²) in [6.07, 6.45) is 3.15. The van der Waals surface area contributed by atoms with Crippen LogP contribution in [0.2, 0.25) is 4.34 Å². The minimum Gasteiger partial charge on any atom is -0.477 e. The number of amides is 2. The summed E-state index contributed by atoms with van der Waals surface area (Å²) in [7, 11) is 1.77. The average Bonchev–Trinajstić information content (AvgIpc) is 3.35. The molecule has 0 radical (unpaired) electrons. The molecule has 0 spiro atoms. The summed E-state index contributed by atoms with van der Waals surface area (Å²) in [5.41, 5.74) is 5.20. The van der Waals surface area contributed by atoms with Gasteiger partial charge in [0.15, 0.2) is 16.0 Å². The molecule has 4 rings (SSSR count). The summed E-state index contributed by atoms with van der Waals surface area (Å²) in [4.78, 5) is 42.4. The lowest BCUT2D eigenvalue weighted by molar-refractivity contribution is -0.150. The van der Waals surface area contributed by atoms with Gasteiger partial charge in [-0.15, -0.1) is 22.0 Å². The number of nitrogens with two attached hydrogens (primary N) is 1. The number of thioether (sulfide) groups is 2. The van der Waals surface area contributed by atoms with Gasteiger partial charge in [-0.05, 0) is 17.1 Å². The van der Waals surface area contributed by atoms with Gasteiger partial charge in [-0.3, -0.25) is 14.5 Å². The quantitative estimate of drug-likeness (QED) is 0.127. The number of rotatable bonds is 7. The molecule has 1 fully saturated rings. The zero-order valence-corrected chi connectivity index (χ0v) is 20.3. The van der Waals surface area contributed by atoms with Crippen molar-refractivity contribution >= 4 is 75.1 Å². The number of β-lactam (4-membered cyclic amide) rings is 1. The van der Waals surface area contributed by atoms with Crippen LogP contribution in [0.4, 0.5) is 5.13 Å². The largest absolute Gasteiger partial charge is 0.477 e. The number of carboxylic acid groups (broad SMARTS) is 1. The van der Waals surface area contributed by atoms with Crippen LogP contribution in [0.15, 0.2) is 39.4 Å². The van der Waals surface area contributed by atoms with Crippen LogP contribution in [0.1, 0.15) is 5.69 Å². The van der Waals surface area contributed by atoms with Gasteiger partial charge in [-0.25, -0.2) is 9.78 Å². The van der Waals surface area contributed by atoms with Crippen molar-refractivity contribution in [2.24, 2.45) is 12.2 Å². The number of nitrogens with one attached hydrogen (secondary N) is 1. The van der Waals surface area contributed by atoms with E-state index in [9.17, 15) is 24.7 Å². The van der Waals surface area contributed by atoms with E-state index in [4.69, 9.17) is 17.3 Å². The highest BCUT2D eigenvalue weighted by molar-refractivity contribution is 8.02. The molecule has 178 valence electrons. The van der Waals surface area contributed by atoms with Gasteiger partial charge in [0.1, 0.15) is 33.5 Å². The summed E-state index contributed by atoms with van der Waals surface area (Å²) in [5, 5.41) is 33.8. The highest BCUT2D eigenvalue weighted by Crippen LogP contribution is 2.41. The van der Waals surface area contributed by atoms with Gasteiger partial charge in [-0.2, -0.15) is 0 Å². The molecule has 2 amide bonds. The second kappa shape index (κ2) is 9.65. The molecule has 13 nitrogen and oxygen atoms in total. The minimum atomic E-state index is -1.27. The summed E-state index contributed by atoms with van der Waals surface area (Å²) in [6, 6.07) is -1.03. The highest BCUT2D eigenvalue weighted by Gasteiger charge is 2.54. The first kappa shape index (κ1) is 24.1. The monoisotopic (exact) mass is 542 g/mol. The molecular weight excluding hydrogens is 528 g/mol. The van der Waals surface area contributed by atoms with Gasteiger partial charge in [0.2, 0.25) is 0 Å². The molecule has 2 aliphatic rings. The molecule has 1 saturated heterocycles. The molecule has 5 N–H and O–H groups in total. The predicted octanol–water partition coefficient (Wildman–Crippen LogP) is 0.730. The molecule has 34 heavy (non-hydrogen) atoms. The number of fused-ring (bicyclic) bond motifs is 1. The fourth-order valence-electron chi connectivity index (χ4n) is 3.20. The molecule has 0 aliphatic carbocycles. The number of carboxylic acids is 1. The molecule has 2 aromatic heterocycles. The molecule has 0 bridgehead atoms. The van der Waals surface area contributed by atoms with E-state index in [-0.39, 0.29) is 26.6 Å². The van der Waals surface area contributed by atoms with Crippen LogP contribution in [-0.4, -0.2) is 75.6 Å². The fourth-order valence-corrected chi connectivity index (χ4v) is 6.11. The second-order valence-electron chi connectivity index (χ2n) is 6.81. The van der Waals surface area contributed by atoms with Crippen LogP contribution in [0.3, 0.4) is 0 Å². The van der Waals surface area contributed by atoms with Crippen molar-refractivity contribution < 1.29 is 24.7 Å². The number of anilines is 1. The van der Waals surface area contributed by atoms with Crippen LogP contribution in [0, 0.1) is 0 Å². The number of nitrogen functional groups attached to an aromatic ring is 1. The second-order valence-corrected chi connectivity index (χ2v) is 10.4. The maximum atomic E-state index is 12.8. The molecule has 2 aliphatic heterocycles. The van der Waals surface area contributed by atoms with E-state index >= 15 is 0 Å². The van der Waals surface area contributed by atoms with Crippen molar-refractivity contribution in [2.75, 3.05) is 11.5 Å². The van der Waals surface area contributed by atoms with E-state index in [2.05, 4.69) is 25.7 Å². The summed E-state index contributed by atoms with van der Waals surface area (Å²) >= 11 is 9.40. The number of oxime groups is 1. The number of aromatic nitrogens is 4. The molecular formula is C17H15ClN8O5S3. The summed E-state index contributed by atoms with van der Waals surface area (Å²) < 4.78 is 1.75. The third kappa shape index (κ3) is 4.36. The number of carbonyl (C=O) groups excluding carboxylic acids is 2. The Morgan fingerprint density at radius 1 is 1.47 bits per heavy atom. The summed E-state index contributed by atoms with van der Waals surface area (Å²) in [6.45, 7) is 0. The molecule has 0 aromatic carbocycles. The van der Waals surface area contributed by atoms with E-state index < -0.39 is 34.9 Å². The first-order chi connectivity index (χ1) is 16.2. The van der Waals surface area contributed by atoms with Crippen molar-refractivity contribution in [3.63, 3.8) is 0 Å². The van der Waals surface area contributed by atoms with Gasteiger partial charge < -0.3 is 25.9 Å². The molecule has 17 heteroatoms. The van der Waals surface area contributed by atoms with Crippen molar-refractivity contribution in [3.05, 3.63) is 39.1 Å². The average molecular weight is 543 g/mol. The Kier molecular flexibility index (Phi) is 6.83. The number of hydrogen-bond donors (Lipinski definition) is 4. The number of aliphatic carboxylic acids is 1. The third-order valence-electron chi connectivity index (χ3n) is 4.74. The van der Waals surface area contributed by atoms with Crippen LogP contribution in [-0.2, 0) is 21.4 Å². The zero-order chi connectivity index (χ0) is 24.6. The number of halogens is 1.